The standard InChI is InChI=1S/C16H34N2O2/c1-5-7-15(3,12-17-6-2)13-18(4)14-16(19)8-10-20-11-9-16/h17,19H,5-14H2,1-4H3. The average Bonchev–Trinajstić information content (AvgIpc) is 2.36. The van der Waals surface area contributed by atoms with Crippen molar-refractivity contribution in [3.8, 4) is 0 Å². The van der Waals surface area contributed by atoms with E-state index >= 15 is 0 Å². The number of hydrogen-bond acceptors (Lipinski definition) is 4. The molecule has 0 aliphatic carbocycles. The molecule has 120 valence electrons. The van der Waals surface area contributed by atoms with E-state index in [0.717, 1.165) is 39.0 Å². The van der Waals surface area contributed by atoms with E-state index in [0.29, 0.717) is 13.2 Å². The van der Waals surface area contributed by atoms with Crippen LogP contribution in [0, 0.1) is 5.41 Å². The second-order valence-corrected chi connectivity index (χ2v) is 6.85. The number of aliphatic hydroxyl groups is 1. The van der Waals surface area contributed by atoms with Crippen LogP contribution in [0.15, 0.2) is 0 Å². The molecule has 0 aromatic carbocycles. The molecule has 0 bridgehead atoms. The van der Waals surface area contributed by atoms with Gasteiger partial charge in [0.15, 0.2) is 0 Å². The van der Waals surface area contributed by atoms with Crippen molar-refractivity contribution >= 4 is 0 Å². The van der Waals surface area contributed by atoms with Crippen LogP contribution in [0.1, 0.15) is 46.5 Å². The van der Waals surface area contributed by atoms with E-state index in [1.807, 2.05) is 0 Å². The number of nitrogens with one attached hydrogen (secondary N) is 1. The van der Waals surface area contributed by atoms with Crippen LogP contribution in [0.2, 0.25) is 0 Å². The Labute approximate surface area is 124 Å². The molecule has 2 N–H and O–H groups in total. The van der Waals surface area contributed by atoms with E-state index in [9.17, 15) is 5.11 Å². The van der Waals surface area contributed by atoms with Crippen LogP contribution in [0.5, 0.6) is 0 Å². The molecule has 0 spiro atoms. The van der Waals surface area contributed by atoms with Crippen molar-refractivity contribution < 1.29 is 9.84 Å². The van der Waals surface area contributed by atoms with Gasteiger partial charge in [0.25, 0.3) is 0 Å². The van der Waals surface area contributed by atoms with Crippen molar-refractivity contribution in [3.05, 3.63) is 0 Å². The lowest BCUT2D eigenvalue weighted by Gasteiger charge is -2.39. The topological polar surface area (TPSA) is 44.7 Å². The van der Waals surface area contributed by atoms with Crippen molar-refractivity contribution in [3.63, 3.8) is 0 Å². The summed E-state index contributed by atoms with van der Waals surface area (Å²) >= 11 is 0. The van der Waals surface area contributed by atoms with Crippen LogP contribution in [0.25, 0.3) is 0 Å². The summed E-state index contributed by atoms with van der Waals surface area (Å²) in [5, 5.41) is 14.1. The lowest BCUT2D eigenvalue weighted by molar-refractivity contribution is -0.0801. The van der Waals surface area contributed by atoms with Gasteiger partial charge in [-0.15, -0.1) is 0 Å². The predicted octanol–water partition coefficient (Wildman–Crippen LogP) is 1.88. The van der Waals surface area contributed by atoms with Gasteiger partial charge in [-0.1, -0.05) is 27.2 Å². The molecule has 20 heavy (non-hydrogen) atoms. The second kappa shape index (κ2) is 8.32. The van der Waals surface area contributed by atoms with Crippen LogP contribution < -0.4 is 5.32 Å². The third kappa shape index (κ3) is 6.08. The Balaban J connectivity index is 2.49. The van der Waals surface area contributed by atoms with Gasteiger partial charge < -0.3 is 20.1 Å². The smallest absolute Gasteiger partial charge is 0.0817 e. The van der Waals surface area contributed by atoms with Crippen LogP contribution in [0.4, 0.5) is 0 Å². The number of likely N-dealkylation sites (N-methyl/N-ethyl adjacent to an activating group) is 1. The summed E-state index contributed by atoms with van der Waals surface area (Å²) in [6.45, 7) is 12.0. The van der Waals surface area contributed by atoms with Crippen LogP contribution in [-0.2, 0) is 4.74 Å². The average molecular weight is 286 g/mol. The number of hydrogen-bond donors (Lipinski definition) is 2. The molecule has 1 saturated heterocycles. The molecule has 0 amide bonds. The van der Waals surface area contributed by atoms with Gasteiger partial charge in [0.05, 0.1) is 5.60 Å². The molecule has 0 aromatic rings. The maximum atomic E-state index is 10.6. The molecule has 0 aromatic heterocycles. The first-order valence-corrected chi connectivity index (χ1v) is 8.12. The Hall–Kier alpha value is -0.160. The first kappa shape index (κ1) is 17.9. The fourth-order valence-corrected chi connectivity index (χ4v) is 3.37. The lowest BCUT2D eigenvalue weighted by atomic mass is 9.84. The highest BCUT2D eigenvalue weighted by atomic mass is 16.5. The zero-order valence-electron chi connectivity index (χ0n) is 13.9. The largest absolute Gasteiger partial charge is 0.388 e. The van der Waals surface area contributed by atoms with Crippen LogP contribution in [0.3, 0.4) is 0 Å². The molecule has 1 heterocycles. The quantitative estimate of drug-likeness (QED) is 0.679. The van der Waals surface area contributed by atoms with Gasteiger partial charge in [-0.25, -0.2) is 0 Å². The molecule has 1 aliphatic rings. The van der Waals surface area contributed by atoms with Gasteiger partial charge in [0, 0.05) is 45.7 Å². The minimum atomic E-state index is -0.557. The fraction of sp³-hybridized carbons (Fsp3) is 1.00. The third-order valence-corrected chi connectivity index (χ3v) is 4.29. The number of rotatable bonds is 9. The third-order valence-electron chi connectivity index (χ3n) is 4.29. The van der Waals surface area contributed by atoms with E-state index in [1.165, 1.54) is 12.8 Å². The Bertz CT molecular complexity index is 267. The molecule has 4 nitrogen and oxygen atoms in total. The summed E-state index contributed by atoms with van der Waals surface area (Å²) in [7, 11) is 2.13. The second-order valence-electron chi connectivity index (χ2n) is 6.85. The maximum Gasteiger partial charge on any atom is 0.0817 e. The minimum absolute atomic E-state index is 0.279. The van der Waals surface area contributed by atoms with Crippen molar-refractivity contribution in [2.24, 2.45) is 5.41 Å². The van der Waals surface area contributed by atoms with Crippen molar-refractivity contribution in [1.82, 2.24) is 10.2 Å². The molecular weight excluding hydrogens is 252 g/mol. The van der Waals surface area contributed by atoms with Crippen LogP contribution in [-0.4, -0.2) is 62.0 Å². The summed E-state index contributed by atoms with van der Waals surface area (Å²) in [4.78, 5) is 2.30. The Kier molecular flexibility index (Phi) is 7.45. The van der Waals surface area contributed by atoms with E-state index in [2.05, 4.69) is 38.0 Å². The highest BCUT2D eigenvalue weighted by Crippen LogP contribution is 2.26. The molecule has 0 saturated carbocycles. The van der Waals surface area contributed by atoms with Gasteiger partial charge in [-0.05, 0) is 25.4 Å². The van der Waals surface area contributed by atoms with Gasteiger partial charge in [-0.2, -0.15) is 0 Å². The molecule has 1 rings (SSSR count). The first-order valence-electron chi connectivity index (χ1n) is 8.12. The monoisotopic (exact) mass is 286 g/mol. The molecule has 1 fully saturated rings. The maximum absolute atomic E-state index is 10.6. The van der Waals surface area contributed by atoms with E-state index in [-0.39, 0.29) is 5.41 Å². The number of ether oxygens (including phenoxy) is 1. The highest BCUT2D eigenvalue weighted by molar-refractivity contribution is 4.87. The van der Waals surface area contributed by atoms with Crippen molar-refractivity contribution in [1.29, 1.82) is 0 Å². The predicted molar refractivity (Wildman–Crippen MR) is 84.1 cm³/mol. The van der Waals surface area contributed by atoms with Gasteiger partial charge >= 0.3 is 0 Å². The molecule has 1 atom stereocenters. The van der Waals surface area contributed by atoms with Crippen molar-refractivity contribution in [2.75, 3.05) is 46.4 Å². The molecular formula is C16H34N2O2. The summed E-state index contributed by atoms with van der Waals surface area (Å²) in [6, 6.07) is 0. The summed E-state index contributed by atoms with van der Waals surface area (Å²) in [6.07, 6.45) is 3.93. The molecule has 0 radical (unpaired) electrons. The van der Waals surface area contributed by atoms with E-state index < -0.39 is 5.60 Å². The number of nitrogens with zero attached hydrogens (tertiary/aromatic N) is 1. The van der Waals surface area contributed by atoms with E-state index in [1.54, 1.807) is 0 Å². The van der Waals surface area contributed by atoms with Gasteiger partial charge in [0.1, 0.15) is 0 Å². The fourth-order valence-electron chi connectivity index (χ4n) is 3.37. The normalized spacial score (nSPS) is 21.9. The highest BCUT2D eigenvalue weighted by Gasteiger charge is 2.33. The Morgan fingerprint density at radius 2 is 1.95 bits per heavy atom. The Morgan fingerprint density at radius 3 is 2.50 bits per heavy atom. The molecule has 1 unspecified atom stereocenters. The lowest BCUT2D eigenvalue weighted by Crippen LogP contribution is -2.49. The summed E-state index contributed by atoms with van der Waals surface area (Å²) in [5.41, 5.74) is -0.278. The summed E-state index contributed by atoms with van der Waals surface area (Å²) in [5.74, 6) is 0. The zero-order chi connectivity index (χ0) is 15.1. The summed E-state index contributed by atoms with van der Waals surface area (Å²) < 4.78 is 5.35. The first-order chi connectivity index (χ1) is 9.43. The van der Waals surface area contributed by atoms with E-state index in [4.69, 9.17) is 4.74 Å². The molecule has 1 aliphatic heterocycles. The van der Waals surface area contributed by atoms with Crippen molar-refractivity contribution in [2.45, 2.75) is 52.1 Å². The minimum Gasteiger partial charge on any atom is -0.388 e. The Morgan fingerprint density at radius 1 is 1.30 bits per heavy atom. The van der Waals surface area contributed by atoms with Gasteiger partial charge in [-0.3, -0.25) is 0 Å². The van der Waals surface area contributed by atoms with Gasteiger partial charge in [0.2, 0.25) is 0 Å². The van der Waals surface area contributed by atoms with Crippen LogP contribution >= 0.6 is 0 Å². The SMILES string of the molecule is CCCC(C)(CNCC)CN(C)CC1(O)CCOCC1. The molecule has 4 heteroatoms. The zero-order valence-corrected chi connectivity index (χ0v) is 13.9.